The molecule has 40 heavy (non-hydrogen) atoms. The Bertz CT molecular complexity index is 644. The van der Waals surface area contributed by atoms with Gasteiger partial charge in [-0.05, 0) is 89.9 Å². The van der Waals surface area contributed by atoms with E-state index in [0.717, 1.165) is 103 Å². The van der Waals surface area contributed by atoms with Crippen LogP contribution in [-0.4, -0.2) is 23.1 Å². The van der Waals surface area contributed by atoms with E-state index in [2.05, 4.69) is 13.8 Å². The van der Waals surface area contributed by atoms with Crippen LogP contribution in [0.15, 0.2) is 0 Å². The molecule has 3 fully saturated rings. The van der Waals surface area contributed by atoms with Crippen molar-refractivity contribution >= 4 is 11.9 Å². The minimum atomic E-state index is -0.320. The molecule has 4 nitrogen and oxygen atoms in total. The normalized spacial score (nSPS) is 24.4. The Morgan fingerprint density at radius 1 is 0.500 bits per heavy atom. The van der Waals surface area contributed by atoms with Crippen molar-refractivity contribution in [1.29, 1.82) is 0 Å². The van der Waals surface area contributed by atoms with Gasteiger partial charge in [-0.3, -0.25) is 9.59 Å². The van der Waals surface area contributed by atoms with Crippen molar-refractivity contribution < 1.29 is 19.1 Å². The van der Waals surface area contributed by atoms with Crippen LogP contribution >= 0.6 is 0 Å². The van der Waals surface area contributed by atoms with Crippen molar-refractivity contribution in [2.75, 3.05) is 0 Å². The average Bonchev–Trinajstić information content (AvgIpc) is 2.97. The van der Waals surface area contributed by atoms with Crippen molar-refractivity contribution in [2.45, 2.75) is 205 Å². The highest BCUT2D eigenvalue weighted by Gasteiger charge is 2.45. The minimum absolute atomic E-state index is 0.0943. The van der Waals surface area contributed by atoms with Crippen LogP contribution in [0.5, 0.6) is 0 Å². The molecule has 232 valence electrons. The summed E-state index contributed by atoms with van der Waals surface area (Å²) in [6, 6.07) is 0. The van der Waals surface area contributed by atoms with Crippen LogP contribution in [0.4, 0.5) is 0 Å². The fourth-order valence-corrected chi connectivity index (χ4v) is 7.93. The van der Waals surface area contributed by atoms with Gasteiger partial charge in [0.2, 0.25) is 0 Å². The highest BCUT2D eigenvalue weighted by molar-refractivity contribution is 5.82. The second kappa shape index (κ2) is 18.5. The molecule has 4 heteroatoms. The maximum atomic E-state index is 13.8. The van der Waals surface area contributed by atoms with Gasteiger partial charge in [0, 0.05) is 0 Å². The molecule has 0 aromatic carbocycles. The van der Waals surface area contributed by atoms with E-state index in [1.54, 1.807) is 0 Å². The molecule has 0 radical (unpaired) electrons. The van der Waals surface area contributed by atoms with Crippen molar-refractivity contribution in [3.63, 3.8) is 0 Å². The van der Waals surface area contributed by atoms with Gasteiger partial charge in [0.15, 0.2) is 0 Å². The van der Waals surface area contributed by atoms with E-state index >= 15 is 0 Å². The Morgan fingerprint density at radius 3 is 1.23 bits per heavy atom. The van der Waals surface area contributed by atoms with Crippen LogP contribution in [0.3, 0.4) is 0 Å². The zero-order valence-electron chi connectivity index (χ0n) is 26.6. The molecular weight excluding hydrogens is 496 g/mol. The first-order chi connectivity index (χ1) is 19.5. The predicted molar refractivity (Wildman–Crippen MR) is 165 cm³/mol. The van der Waals surface area contributed by atoms with Gasteiger partial charge in [-0.2, -0.15) is 0 Å². The van der Waals surface area contributed by atoms with Crippen molar-refractivity contribution in [3.05, 3.63) is 0 Å². The third-order valence-corrected chi connectivity index (χ3v) is 10.5. The summed E-state index contributed by atoms with van der Waals surface area (Å²) in [5, 5.41) is 0. The smallest absolute Gasteiger partial charge is 0.310 e. The van der Waals surface area contributed by atoms with E-state index in [0.29, 0.717) is 0 Å². The monoisotopic (exact) mass is 560 g/mol. The summed E-state index contributed by atoms with van der Waals surface area (Å²) >= 11 is 0. The van der Waals surface area contributed by atoms with Gasteiger partial charge in [0.1, 0.15) is 11.2 Å². The second-order valence-corrected chi connectivity index (χ2v) is 13.9. The molecule has 0 spiro atoms. The van der Waals surface area contributed by atoms with E-state index in [-0.39, 0.29) is 35.0 Å². The summed E-state index contributed by atoms with van der Waals surface area (Å²) in [6.45, 7) is 4.52. The lowest BCUT2D eigenvalue weighted by Crippen LogP contribution is -2.45. The SMILES string of the molecule is CCCCCCCCC1(OC(=O)C2CCCCC2C(=O)OC2(CCCCCCCC)CCCCC2)CCCCC1. The molecule has 0 aromatic rings. The Kier molecular flexibility index (Phi) is 15.4. The predicted octanol–water partition coefficient (Wildman–Crippen LogP) is 10.8. The third-order valence-electron chi connectivity index (χ3n) is 10.5. The number of esters is 2. The number of unbranched alkanes of at least 4 members (excludes halogenated alkanes) is 10. The number of carbonyl (C=O) groups excluding carboxylic acids is 2. The molecule has 3 aliphatic rings. The topological polar surface area (TPSA) is 52.6 Å². The third kappa shape index (κ3) is 11.0. The molecule has 3 aliphatic carbocycles. The molecule has 0 N–H and O–H groups in total. The Hall–Kier alpha value is -1.06. The maximum Gasteiger partial charge on any atom is 0.310 e. The zero-order chi connectivity index (χ0) is 28.5. The van der Waals surface area contributed by atoms with Crippen LogP contribution in [0, 0.1) is 11.8 Å². The molecule has 0 aromatic heterocycles. The minimum Gasteiger partial charge on any atom is -0.459 e. The zero-order valence-corrected chi connectivity index (χ0v) is 26.6. The van der Waals surface area contributed by atoms with Gasteiger partial charge >= 0.3 is 11.9 Å². The number of hydrogen-bond acceptors (Lipinski definition) is 4. The highest BCUT2D eigenvalue weighted by atomic mass is 16.6. The maximum absolute atomic E-state index is 13.8. The van der Waals surface area contributed by atoms with Gasteiger partial charge in [-0.15, -0.1) is 0 Å². The van der Waals surface area contributed by atoms with Gasteiger partial charge in [-0.1, -0.05) is 104 Å². The summed E-state index contributed by atoms with van der Waals surface area (Å²) < 4.78 is 13.0. The molecule has 3 rings (SSSR count). The lowest BCUT2D eigenvalue weighted by Gasteiger charge is -2.41. The Labute approximate surface area is 247 Å². The summed E-state index contributed by atoms with van der Waals surface area (Å²) in [7, 11) is 0. The molecule has 3 saturated carbocycles. The first kappa shape index (κ1) is 33.4. The Morgan fingerprint density at radius 2 is 0.850 bits per heavy atom. The fourth-order valence-electron chi connectivity index (χ4n) is 7.93. The van der Waals surface area contributed by atoms with Gasteiger partial charge < -0.3 is 9.47 Å². The van der Waals surface area contributed by atoms with E-state index < -0.39 is 0 Å². The Balaban J connectivity index is 1.58. The van der Waals surface area contributed by atoms with E-state index in [4.69, 9.17) is 9.47 Å². The quantitative estimate of drug-likeness (QED) is 0.124. The molecule has 2 atom stereocenters. The van der Waals surface area contributed by atoms with Gasteiger partial charge in [0.25, 0.3) is 0 Å². The first-order valence-corrected chi connectivity index (χ1v) is 18.0. The van der Waals surface area contributed by atoms with Crippen LogP contribution in [0.2, 0.25) is 0 Å². The molecule has 0 heterocycles. The molecule has 0 aliphatic heterocycles. The van der Waals surface area contributed by atoms with Crippen LogP contribution in [0.1, 0.15) is 194 Å². The van der Waals surface area contributed by atoms with Crippen LogP contribution in [0.25, 0.3) is 0 Å². The average molecular weight is 561 g/mol. The van der Waals surface area contributed by atoms with Crippen LogP contribution < -0.4 is 0 Å². The van der Waals surface area contributed by atoms with Gasteiger partial charge in [0.05, 0.1) is 11.8 Å². The molecular formula is C36H64O4. The number of rotatable bonds is 18. The second-order valence-electron chi connectivity index (χ2n) is 13.9. The fraction of sp³-hybridized carbons (Fsp3) is 0.944. The molecule has 2 unspecified atom stereocenters. The van der Waals surface area contributed by atoms with Crippen molar-refractivity contribution in [2.24, 2.45) is 11.8 Å². The summed E-state index contributed by atoms with van der Waals surface area (Å²) in [5.74, 6) is -0.829. The molecule has 0 bridgehead atoms. The first-order valence-electron chi connectivity index (χ1n) is 18.0. The number of ether oxygens (including phenoxy) is 2. The van der Waals surface area contributed by atoms with E-state index in [1.807, 2.05) is 0 Å². The number of hydrogen-bond donors (Lipinski definition) is 0. The molecule has 0 amide bonds. The summed E-state index contributed by atoms with van der Waals surface area (Å²) in [4.78, 5) is 27.6. The highest BCUT2D eigenvalue weighted by Crippen LogP contribution is 2.42. The lowest BCUT2D eigenvalue weighted by molar-refractivity contribution is -0.184. The van der Waals surface area contributed by atoms with E-state index in [1.165, 1.54) is 77.0 Å². The van der Waals surface area contributed by atoms with E-state index in [9.17, 15) is 9.59 Å². The molecule has 0 saturated heterocycles. The number of carbonyl (C=O) groups is 2. The lowest BCUT2D eigenvalue weighted by atomic mass is 9.77. The van der Waals surface area contributed by atoms with Crippen molar-refractivity contribution in [1.82, 2.24) is 0 Å². The van der Waals surface area contributed by atoms with Crippen LogP contribution in [-0.2, 0) is 19.1 Å². The summed E-state index contributed by atoms with van der Waals surface area (Å²) in [6.07, 6.45) is 31.8. The largest absolute Gasteiger partial charge is 0.459 e. The standard InChI is InChI=1S/C36H64O4/c1-3-5-7-9-11-17-25-35(27-19-13-20-28-35)39-33(37)31-23-15-16-24-32(31)34(38)40-36(29-21-14-22-30-36)26-18-12-10-8-6-4-2/h31-32H,3-30H2,1-2H3. The van der Waals surface area contributed by atoms with Crippen molar-refractivity contribution in [3.8, 4) is 0 Å². The summed E-state index contributed by atoms with van der Waals surface area (Å²) in [5.41, 5.74) is -0.595. The van der Waals surface area contributed by atoms with Gasteiger partial charge in [-0.25, -0.2) is 0 Å².